The Morgan fingerprint density at radius 2 is 1.01 bits per heavy atom. The molecule has 2 heteroatoms. The number of nitrogens with zero attached hydrogens (tertiary/aromatic N) is 2. The smallest absolute Gasteiger partial charge is 0.0547 e. The van der Waals surface area contributed by atoms with Crippen LogP contribution in [0.1, 0.15) is 68.6 Å². The summed E-state index contributed by atoms with van der Waals surface area (Å²) in [4.78, 5) is 2.56. The molecular formula is C67H54N2. The third kappa shape index (κ3) is 6.68. The van der Waals surface area contributed by atoms with Crippen molar-refractivity contribution < 1.29 is 0 Å². The van der Waals surface area contributed by atoms with Gasteiger partial charge in [-0.25, -0.2) is 0 Å². The fourth-order valence-electron chi connectivity index (χ4n) is 12.5. The molecular weight excluding hydrogens is 833 g/mol. The largest absolute Gasteiger partial charge is 0.309 e. The maximum absolute atomic E-state index is 2.56. The zero-order valence-electron chi connectivity index (χ0n) is 39.4. The predicted octanol–water partition coefficient (Wildman–Crippen LogP) is 18.8. The van der Waals surface area contributed by atoms with Gasteiger partial charge < -0.3 is 9.47 Å². The normalized spacial score (nSPS) is 14.3. The van der Waals surface area contributed by atoms with E-state index in [1.165, 1.54) is 126 Å². The Labute approximate surface area is 405 Å². The molecule has 0 bridgehead atoms. The Hall–Kier alpha value is -7.94. The first kappa shape index (κ1) is 41.3. The van der Waals surface area contributed by atoms with Crippen LogP contribution in [0.15, 0.2) is 224 Å². The second-order valence-corrected chi connectivity index (χ2v) is 19.8. The fraction of sp³-hybridized carbons (Fsp3) is 0.134. The van der Waals surface area contributed by atoms with Crippen LogP contribution in [0.4, 0.5) is 17.1 Å². The number of hydrogen-bond acceptors (Lipinski definition) is 1. The molecule has 0 saturated heterocycles. The van der Waals surface area contributed by atoms with Crippen molar-refractivity contribution in [2.75, 3.05) is 4.90 Å². The molecule has 0 aliphatic heterocycles. The molecule has 0 N–H and O–H groups in total. The van der Waals surface area contributed by atoms with E-state index in [-0.39, 0.29) is 5.41 Å². The fourth-order valence-corrected chi connectivity index (χ4v) is 12.5. The van der Waals surface area contributed by atoms with Crippen molar-refractivity contribution in [2.45, 2.75) is 57.3 Å². The second kappa shape index (κ2) is 16.7. The maximum atomic E-state index is 2.56. The summed E-state index contributed by atoms with van der Waals surface area (Å²) in [6.45, 7) is 4.76. The maximum Gasteiger partial charge on any atom is 0.0547 e. The van der Waals surface area contributed by atoms with E-state index in [9.17, 15) is 0 Å². The average molecular weight is 887 g/mol. The highest BCUT2D eigenvalue weighted by Gasteiger charge is 2.37. The molecule has 2 nitrogen and oxygen atoms in total. The van der Waals surface area contributed by atoms with Gasteiger partial charge in [0.25, 0.3) is 0 Å². The summed E-state index contributed by atoms with van der Waals surface area (Å²) >= 11 is 0. The third-order valence-electron chi connectivity index (χ3n) is 15.6. The minimum Gasteiger partial charge on any atom is -0.309 e. The summed E-state index contributed by atoms with van der Waals surface area (Å²) < 4.78 is 2.42. The molecule has 2 aliphatic rings. The highest BCUT2D eigenvalue weighted by atomic mass is 15.1. The number of fused-ring (bicyclic) bond motifs is 7. The molecule has 2 aliphatic carbocycles. The first-order valence-corrected chi connectivity index (χ1v) is 25.0. The van der Waals surface area contributed by atoms with Crippen LogP contribution in [0.3, 0.4) is 0 Å². The molecule has 0 spiro atoms. The molecule has 0 radical (unpaired) electrons. The number of hydrogen-bond donors (Lipinski definition) is 0. The monoisotopic (exact) mass is 886 g/mol. The van der Waals surface area contributed by atoms with Crippen LogP contribution in [0.2, 0.25) is 0 Å². The van der Waals surface area contributed by atoms with Crippen molar-refractivity contribution in [2.24, 2.45) is 0 Å². The van der Waals surface area contributed by atoms with Crippen molar-refractivity contribution in [3.63, 3.8) is 0 Å². The van der Waals surface area contributed by atoms with Crippen LogP contribution in [0.5, 0.6) is 0 Å². The van der Waals surface area contributed by atoms with Gasteiger partial charge in [0.1, 0.15) is 0 Å². The first-order valence-electron chi connectivity index (χ1n) is 25.0. The molecule has 69 heavy (non-hydrogen) atoms. The van der Waals surface area contributed by atoms with Crippen molar-refractivity contribution in [1.29, 1.82) is 0 Å². The topological polar surface area (TPSA) is 8.17 Å². The Morgan fingerprint density at radius 3 is 1.83 bits per heavy atom. The summed E-state index contributed by atoms with van der Waals surface area (Å²) in [5.41, 5.74) is 21.1. The van der Waals surface area contributed by atoms with Gasteiger partial charge >= 0.3 is 0 Å². The summed E-state index contributed by atoms with van der Waals surface area (Å²) in [6, 6.07) is 84.0. The predicted molar refractivity (Wildman–Crippen MR) is 293 cm³/mol. The molecule has 1 heterocycles. The number of anilines is 3. The van der Waals surface area contributed by atoms with Gasteiger partial charge in [-0.05, 0) is 128 Å². The second-order valence-electron chi connectivity index (χ2n) is 19.8. The van der Waals surface area contributed by atoms with Gasteiger partial charge in [0.2, 0.25) is 0 Å². The van der Waals surface area contributed by atoms with E-state index >= 15 is 0 Å². The van der Waals surface area contributed by atoms with Crippen molar-refractivity contribution in [1.82, 2.24) is 4.57 Å². The Bertz CT molecular complexity index is 3750. The Balaban J connectivity index is 1.07. The van der Waals surface area contributed by atoms with Gasteiger partial charge in [-0.3, -0.25) is 0 Å². The molecule has 1 fully saturated rings. The zero-order chi connectivity index (χ0) is 46.1. The quantitative estimate of drug-likeness (QED) is 0.148. The van der Waals surface area contributed by atoms with Gasteiger partial charge in [-0.15, -0.1) is 0 Å². The van der Waals surface area contributed by atoms with Crippen molar-refractivity contribution in [3.8, 4) is 50.2 Å². The lowest BCUT2D eigenvalue weighted by molar-refractivity contribution is 0.445. The lowest BCUT2D eigenvalue weighted by atomic mass is 9.80. The van der Waals surface area contributed by atoms with Gasteiger partial charge in [-0.1, -0.05) is 209 Å². The van der Waals surface area contributed by atoms with E-state index in [1.807, 2.05) is 0 Å². The molecule has 1 aromatic heterocycles. The van der Waals surface area contributed by atoms with Crippen LogP contribution in [-0.2, 0) is 5.41 Å². The van der Waals surface area contributed by atoms with E-state index in [0.717, 1.165) is 22.7 Å². The van der Waals surface area contributed by atoms with E-state index in [4.69, 9.17) is 0 Å². The van der Waals surface area contributed by atoms with Crippen LogP contribution in [0, 0.1) is 0 Å². The number of benzene rings is 10. The number of aromatic nitrogens is 1. The Morgan fingerprint density at radius 1 is 0.435 bits per heavy atom. The van der Waals surface area contributed by atoms with E-state index < -0.39 is 0 Å². The van der Waals surface area contributed by atoms with Crippen LogP contribution in [-0.4, -0.2) is 4.57 Å². The lowest BCUT2D eigenvalue weighted by Crippen LogP contribution is -2.15. The van der Waals surface area contributed by atoms with Crippen LogP contribution >= 0.6 is 0 Å². The van der Waals surface area contributed by atoms with Gasteiger partial charge in [0.15, 0.2) is 0 Å². The molecule has 0 amide bonds. The van der Waals surface area contributed by atoms with E-state index in [0.29, 0.717) is 5.92 Å². The Kier molecular flexibility index (Phi) is 9.98. The molecule has 13 rings (SSSR count). The SMILES string of the molecule is CC1(C)c2ccccc2-c2c(-c3ccccc3N(c3cccc(-c4cccc5c4c4ccccc4n5-c4ccccc4)c3)c3ccccc3-c3cccc4cccc(C5CCCCC5)c34)cccc21. The third-order valence-corrected chi connectivity index (χ3v) is 15.6. The van der Waals surface area contributed by atoms with E-state index in [1.54, 1.807) is 0 Å². The summed E-state index contributed by atoms with van der Waals surface area (Å²) in [5, 5.41) is 5.20. The van der Waals surface area contributed by atoms with Crippen molar-refractivity contribution in [3.05, 3.63) is 241 Å². The van der Waals surface area contributed by atoms with Gasteiger partial charge in [-0.2, -0.15) is 0 Å². The minimum atomic E-state index is -0.118. The van der Waals surface area contributed by atoms with E-state index in [2.05, 4.69) is 248 Å². The molecule has 11 aromatic rings. The highest BCUT2D eigenvalue weighted by Crippen LogP contribution is 2.55. The van der Waals surface area contributed by atoms with Gasteiger partial charge in [0, 0.05) is 38.7 Å². The molecule has 332 valence electrons. The highest BCUT2D eigenvalue weighted by molar-refractivity contribution is 6.16. The standard InChI is InChI=1S/C67H54N2/c1-67(2)58-38-13-9-32-56(58)65-55(37-20-39-59(65)67)53-31-11-15-41-61(53)69(60-40-14-10-30-52(60)54-36-19-25-46-24-18-34-50(64(46)54)45-22-5-3-6-23-45)49-29-17-26-47(44-49)51-35-21-43-63-66(51)57-33-12-16-42-62(57)68(63)48-27-7-4-8-28-48/h4,7-21,24-45H,3,5-6,22-23H2,1-2H3. The van der Waals surface area contributed by atoms with Crippen LogP contribution in [0.25, 0.3) is 82.8 Å². The number of rotatable bonds is 8. The molecule has 10 aromatic carbocycles. The molecule has 1 saturated carbocycles. The number of para-hydroxylation sites is 4. The molecule has 0 unspecified atom stereocenters. The van der Waals surface area contributed by atoms with Crippen molar-refractivity contribution >= 4 is 49.6 Å². The summed E-state index contributed by atoms with van der Waals surface area (Å²) in [7, 11) is 0. The van der Waals surface area contributed by atoms with Crippen LogP contribution < -0.4 is 4.90 Å². The summed E-state index contributed by atoms with van der Waals surface area (Å²) in [6.07, 6.45) is 6.43. The van der Waals surface area contributed by atoms with Gasteiger partial charge in [0.05, 0.1) is 22.4 Å². The minimum absolute atomic E-state index is 0.118. The summed E-state index contributed by atoms with van der Waals surface area (Å²) in [5.74, 6) is 0.562. The molecule has 0 atom stereocenters. The zero-order valence-corrected chi connectivity index (χ0v) is 39.4. The first-order chi connectivity index (χ1) is 34.0. The average Bonchev–Trinajstić information content (AvgIpc) is 3.88. The lowest BCUT2D eigenvalue weighted by Gasteiger charge is -2.31.